The van der Waals surface area contributed by atoms with E-state index < -0.39 is 150 Å². The second-order valence-corrected chi connectivity index (χ2v) is 23.2. The molecule has 0 bridgehead atoms. The Morgan fingerprint density at radius 1 is 0.506 bits per heavy atom. The SMILES string of the molecule is C/C=C/C[C@@H](C)[C@@H](O)[C@H]1C(=O)N[C@@H](CC)C(=O)N(C)CC(=O)N(C)CC(=O)N[C@@H](CC(C)C)C(=O)N(C)[C@@H](C)C(=O)N[C@@H](C)C(=O)N[C@H](C)C(=O)N(C)[C@@H](CC(C)C)C(=O)N(C)[C@H](CC(C)C)C(=O)N(C)[C@@H](C(C)C)C(=O)N1C. The molecule has 1 saturated heterocycles. The second-order valence-electron chi connectivity index (χ2n) is 23.2. The predicted molar refractivity (Wildman–Crippen MR) is 301 cm³/mol. The average Bonchev–Trinajstić information content (AvgIpc) is 3.36. The van der Waals surface area contributed by atoms with E-state index in [9.17, 15) is 48.3 Å². The highest BCUT2D eigenvalue weighted by atomic mass is 16.3. The molecule has 1 aliphatic heterocycles. The zero-order valence-electron chi connectivity index (χ0n) is 51.3. The van der Waals surface area contributed by atoms with Gasteiger partial charge < -0.3 is 60.7 Å². The van der Waals surface area contributed by atoms with Crippen molar-refractivity contribution >= 4 is 65.0 Å². The van der Waals surface area contributed by atoms with Crippen molar-refractivity contribution in [2.45, 2.75) is 190 Å². The Morgan fingerprint density at radius 2 is 0.987 bits per heavy atom. The topological polar surface area (TPSA) is 279 Å². The summed E-state index contributed by atoms with van der Waals surface area (Å²) in [4.78, 5) is 164. The van der Waals surface area contributed by atoms with Crippen molar-refractivity contribution in [1.29, 1.82) is 0 Å². The van der Waals surface area contributed by atoms with Crippen molar-refractivity contribution in [3.8, 4) is 0 Å². The van der Waals surface area contributed by atoms with E-state index in [0.717, 1.165) is 19.6 Å². The van der Waals surface area contributed by atoms with Crippen LogP contribution in [-0.2, 0) is 52.7 Å². The number of carbonyl (C=O) groups is 11. The lowest BCUT2D eigenvalue weighted by molar-refractivity contribution is -0.157. The number of hydrogen-bond acceptors (Lipinski definition) is 12. The molecule has 23 heteroatoms. The minimum absolute atomic E-state index is 0.0281. The highest BCUT2D eigenvalue weighted by Gasteiger charge is 2.45. The van der Waals surface area contributed by atoms with Gasteiger partial charge >= 0.3 is 0 Å². The normalized spacial score (nSPS) is 26.9. The molecule has 1 aliphatic rings. The van der Waals surface area contributed by atoms with E-state index in [4.69, 9.17) is 0 Å². The number of hydrogen-bond donors (Lipinski definition) is 5. The summed E-state index contributed by atoms with van der Waals surface area (Å²) in [7, 11) is 9.71. The molecule has 0 radical (unpaired) electrons. The van der Waals surface area contributed by atoms with Crippen LogP contribution >= 0.6 is 0 Å². The van der Waals surface area contributed by atoms with Crippen molar-refractivity contribution in [1.82, 2.24) is 55.6 Å². The molecule has 1 rings (SSSR count). The van der Waals surface area contributed by atoms with Crippen molar-refractivity contribution in [2.24, 2.45) is 29.6 Å². The van der Waals surface area contributed by atoms with Crippen LogP contribution in [0, 0.1) is 29.6 Å². The summed E-state index contributed by atoms with van der Waals surface area (Å²) in [6.07, 6.45) is 2.89. The Morgan fingerprint density at radius 3 is 1.47 bits per heavy atom. The molecular formula is C56H99N11O12. The van der Waals surface area contributed by atoms with Gasteiger partial charge in [-0.25, -0.2) is 0 Å². The number of nitrogens with one attached hydrogen (secondary N) is 4. The molecule has 0 spiro atoms. The third kappa shape index (κ3) is 20.2. The molecule has 1 fully saturated rings. The molecule has 0 aliphatic carbocycles. The molecule has 1 heterocycles. The summed E-state index contributed by atoms with van der Waals surface area (Å²) in [6.45, 7) is 22.9. The first-order valence-electron chi connectivity index (χ1n) is 27.8. The summed E-state index contributed by atoms with van der Waals surface area (Å²) in [5.41, 5.74) is 0. The quantitative estimate of drug-likeness (QED) is 0.173. The first kappa shape index (κ1) is 70.9. The Kier molecular flexibility index (Phi) is 28.9. The number of carbonyl (C=O) groups excluding carboxylic acids is 11. The Labute approximate surface area is 470 Å². The molecule has 0 aromatic rings. The summed E-state index contributed by atoms with van der Waals surface area (Å²) >= 11 is 0. The Balaban J connectivity index is 4.13. The van der Waals surface area contributed by atoms with Gasteiger partial charge in [0.05, 0.1) is 19.2 Å². The van der Waals surface area contributed by atoms with Crippen LogP contribution in [0.25, 0.3) is 0 Å². The summed E-state index contributed by atoms with van der Waals surface area (Å²) in [6, 6.07) is -11.1. The molecule has 450 valence electrons. The lowest BCUT2D eigenvalue weighted by atomic mass is 9.91. The van der Waals surface area contributed by atoms with Crippen LogP contribution in [0.1, 0.15) is 129 Å². The lowest BCUT2D eigenvalue weighted by Gasteiger charge is -2.41. The minimum Gasteiger partial charge on any atom is -0.390 e. The minimum atomic E-state index is -1.60. The smallest absolute Gasteiger partial charge is 0.246 e. The predicted octanol–water partition coefficient (Wildman–Crippen LogP) is 1.22. The van der Waals surface area contributed by atoms with Gasteiger partial charge in [-0.2, -0.15) is 0 Å². The van der Waals surface area contributed by atoms with Gasteiger partial charge in [0.2, 0.25) is 65.0 Å². The van der Waals surface area contributed by atoms with Crippen molar-refractivity contribution in [3.63, 3.8) is 0 Å². The number of nitrogens with zero attached hydrogens (tertiary/aromatic N) is 7. The van der Waals surface area contributed by atoms with E-state index >= 15 is 9.59 Å². The number of aliphatic hydroxyl groups excluding tert-OH is 1. The van der Waals surface area contributed by atoms with Gasteiger partial charge in [0.15, 0.2) is 0 Å². The molecule has 0 unspecified atom stereocenters. The maximum absolute atomic E-state index is 15.0. The number of aliphatic hydroxyl groups is 1. The van der Waals surface area contributed by atoms with Crippen LogP contribution in [0.15, 0.2) is 12.2 Å². The molecule has 5 N–H and O–H groups in total. The van der Waals surface area contributed by atoms with Gasteiger partial charge in [-0.05, 0) is 89.4 Å². The molecule has 11 atom stereocenters. The molecular weight excluding hydrogens is 1020 g/mol. The highest BCUT2D eigenvalue weighted by Crippen LogP contribution is 2.25. The van der Waals surface area contributed by atoms with E-state index in [2.05, 4.69) is 21.3 Å². The van der Waals surface area contributed by atoms with Gasteiger partial charge in [0.1, 0.15) is 54.4 Å². The van der Waals surface area contributed by atoms with Crippen molar-refractivity contribution in [3.05, 3.63) is 12.2 Å². The third-order valence-corrected chi connectivity index (χ3v) is 14.6. The number of amides is 11. The van der Waals surface area contributed by atoms with Gasteiger partial charge in [-0.1, -0.05) is 81.4 Å². The van der Waals surface area contributed by atoms with Crippen LogP contribution in [0.5, 0.6) is 0 Å². The van der Waals surface area contributed by atoms with Crippen LogP contribution < -0.4 is 21.3 Å². The first-order valence-corrected chi connectivity index (χ1v) is 27.8. The molecule has 0 saturated carbocycles. The van der Waals surface area contributed by atoms with Crippen LogP contribution in [0.2, 0.25) is 0 Å². The number of likely N-dealkylation sites (N-methyl/N-ethyl adjacent to an activating group) is 7. The Hall–Kier alpha value is -6.13. The fourth-order valence-electron chi connectivity index (χ4n) is 9.48. The van der Waals surface area contributed by atoms with Crippen LogP contribution in [0.4, 0.5) is 0 Å². The molecule has 79 heavy (non-hydrogen) atoms. The van der Waals surface area contributed by atoms with E-state index in [1.165, 1.54) is 84.8 Å². The molecule has 23 nitrogen and oxygen atoms in total. The lowest BCUT2D eigenvalue weighted by Crippen LogP contribution is -2.63. The highest BCUT2D eigenvalue weighted by molar-refractivity contribution is 5.99. The monoisotopic (exact) mass is 1120 g/mol. The third-order valence-electron chi connectivity index (χ3n) is 14.6. The van der Waals surface area contributed by atoms with Gasteiger partial charge in [-0.3, -0.25) is 52.7 Å². The summed E-state index contributed by atoms with van der Waals surface area (Å²) in [5, 5.41) is 22.6. The van der Waals surface area contributed by atoms with Gasteiger partial charge in [0, 0.05) is 49.3 Å². The van der Waals surface area contributed by atoms with Gasteiger partial charge in [-0.15, -0.1) is 0 Å². The summed E-state index contributed by atoms with van der Waals surface area (Å²) in [5.74, 6) is -9.17. The fourth-order valence-corrected chi connectivity index (χ4v) is 9.48. The maximum Gasteiger partial charge on any atom is 0.246 e. The van der Waals surface area contributed by atoms with Crippen molar-refractivity contribution in [2.75, 3.05) is 62.4 Å². The standard InChI is InChI=1S/C56H99N11O12/c1-22-24-25-35(11)47(70)46-50(73)60-39(23-2)52(75)62(16)30-44(69)61(15)29-43(68)59-40(26-31(3)4)53(76)63(17)38(14)49(72)57-36(12)48(71)58-37(13)51(74)64(18)41(27-32(5)6)54(77)65(19)42(28-33(7)8)55(78)66(20)45(34(9)10)56(79)67(46)21/h22,24,31-42,45-47,70H,23,25-30H2,1-21H3,(H,57,72)(H,58,71)(H,59,68)(H,60,73)/b24-22+/t35-,36+,37-,38+,39+,40+,41+,42-,45+,46+,47-/m1/s1. The largest absolute Gasteiger partial charge is 0.390 e. The van der Waals surface area contributed by atoms with Gasteiger partial charge in [0.25, 0.3) is 0 Å². The number of allylic oxidation sites excluding steroid dienone is 2. The summed E-state index contributed by atoms with van der Waals surface area (Å²) < 4.78 is 0. The van der Waals surface area contributed by atoms with Crippen molar-refractivity contribution < 1.29 is 57.8 Å². The zero-order chi connectivity index (χ0) is 61.2. The molecule has 0 aromatic heterocycles. The second kappa shape index (κ2) is 32.2. The molecule has 0 aromatic carbocycles. The van der Waals surface area contributed by atoms with E-state index in [0.29, 0.717) is 6.42 Å². The van der Waals surface area contributed by atoms with E-state index in [-0.39, 0.29) is 43.4 Å². The van der Waals surface area contributed by atoms with E-state index in [1.807, 2.05) is 41.5 Å². The van der Waals surface area contributed by atoms with Crippen LogP contribution in [-0.4, -0.2) is 227 Å². The average molecular weight is 1120 g/mol. The van der Waals surface area contributed by atoms with E-state index in [1.54, 1.807) is 46.8 Å². The maximum atomic E-state index is 15.0. The first-order chi connectivity index (χ1) is 36.5. The zero-order valence-corrected chi connectivity index (χ0v) is 51.3. The van der Waals surface area contributed by atoms with Crippen LogP contribution in [0.3, 0.4) is 0 Å². The molecule has 11 amide bonds. The Bertz CT molecular complexity index is 2170. The number of rotatable bonds is 12. The fraction of sp³-hybridized carbons (Fsp3) is 0.768.